The van der Waals surface area contributed by atoms with E-state index < -0.39 is 10.0 Å². The van der Waals surface area contributed by atoms with E-state index in [1.54, 1.807) is 12.1 Å². The average molecular weight is 441 g/mol. The van der Waals surface area contributed by atoms with Crippen molar-refractivity contribution in [2.24, 2.45) is 0 Å². The summed E-state index contributed by atoms with van der Waals surface area (Å²) in [7, 11) is -3.63. The molecule has 1 aliphatic rings. The summed E-state index contributed by atoms with van der Waals surface area (Å²) in [5, 5.41) is 0. The van der Waals surface area contributed by atoms with Crippen LogP contribution < -0.4 is 10.5 Å². The van der Waals surface area contributed by atoms with Gasteiger partial charge in [0.2, 0.25) is 10.0 Å². The number of hydrogen-bond acceptors (Lipinski definition) is 4. The smallest absolute Gasteiger partial charge is 0.243 e. The van der Waals surface area contributed by atoms with Crippen LogP contribution in [-0.4, -0.2) is 39.0 Å². The molecule has 1 heterocycles. The molecule has 1 saturated heterocycles. The SMILES string of the molecule is CCN1CCCC1CNS(=O)(=O)c1c(N)cc(Br)cc1Br. The first-order chi connectivity index (χ1) is 9.85. The molecule has 0 amide bonds. The average Bonchev–Trinajstić information content (AvgIpc) is 2.82. The summed E-state index contributed by atoms with van der Waals surface area (Å²) in [6.45, 7) is 4.48. The molecule has 1 aromatic rings. The van der Waals surface area contributed by atoms with Crippen molar-refractivity contribution in [3.63, 3.8) is 0 Å². The molecule has 118 valence electrons. The molecule has 0 saturated carbocycles. The van der Waals surface area contributed by atoms with Crippen molar-refractivity contribution in [1.29, 1.82) is 0 Å². The van der Waals surface area contributed by atoms with Crippen LogP contribution in [0.5, 0.6) is 0 Å². The van der Waals surface area contributed by atoms with Crippen molar-refractivity contribution in [3.8, 4) is 0 Å². The number of halogens is 2. The highest BCUT2D eigenvalue weighted by Crippen LogP contribution is 2.31. The van der Waals surface area contributed by atoms with E-state index in [0.717, 1.165) is 30.4 Å². The number of nitrogens with zero attached hydrogens (tertiary/aromatic N) is 1. The maximum absolute atomic E-state index is 12.5. The van der Waals surface area contributed by atoms with Crippen molar-refractivity contribution in [2.75, 3.05) is 25.4 Å². The summed E-state index contributed by atoms with van der Waals surface area (Å²) in [5.74, 6) is 0. The number of likely N-dealkylation sites (N-methyl/N-ethyl adjacent to an activating group) is 1. The number of nitrogen functional groups attached to an aromatic ring is 1. The van der Waals surface area contributed by atoms with Crippen molar-refractivity contribution >= 4 is 47.6 Å². The standard InChI is InChI=1S/C13H19Br2N3O2S/c1-2-18-5-3-4-10(18)8-17-21(19,20)13-11(15)6-9(14)7-12(13)16/h6-7,10,17H,2-5,8,16H2,1H3. The number of anilines is 1. The molecule has 1 aromatic carbocycles. The molecule has 1 aliphatic heterocycles. The van der Waals surface area contributed by atoms with Crippen LogP contribution in [0.3, 0.4) is 0 Å². The van der Waals surface area contributed by atoms with E-state index in [-0.39, 0.29) is 16.6 Å². The number of rotatable bonds is 5. The largest absolute Gasteiger partial charge is 0.398 e. The highest BCUT2D eigenvalue weighted by atomic mass is 79.9. The summed E-state index contributed by atoms with van der Waals surface area (Å²) in [4.78, 5) is 2.40. The molecule has 5 nitrogen and oxygen atoms in total. The van der Waals surface area contributed by atoms with Crippen LogP contribution >= 0.6 is 31.9 Å². The van der Waals surface area contributed by atoms with Crippen LogP contribution in [0.1, 0.15) is 19.8 Å². The number of likely N-dealkylation sites (tertiary alicyclic amines) is 1. The van der Waals surface area contributed by atoms with E-state index in [4.69, 9.17) is 5.73 Å². The Morgan fingerprint density at radius 3 is 2.76 bits per heavy atom. The predicted molar refractivity (Wildman–Crippen MR) is 91.7 cm³/mol. The summed E-state index contributed by atoms with van der Waals surface area (Å²) in [5.41, 5.74) is 6.08. The minimum absolute atomic E-state index is 0.103. The highest BCUT2D eigenvalue weighted by molar-refractivity contribution is 9.11. The van der Waals surface area contributed by atoms with E-state index in [1.165, 1.54) is 0 Å². The van der Waals surface area contributed by atoms with Gasteiger partial charge in [-0.05, 0) is 54.0 Å². The summed E-state index contributed by atoms with van der Waals surface area (Å²) in [6.07, 6.45) is 2.14. The van der Waals surface area contributed by atoms with E-state index >= 15 is 0 Å². The summed E-state index contributed by atoms with van der Waals surface area (Å²) >= 11 is 6.57. The van der Waals surface area contributed by atoms with Gasteiger partial charge in [-0.3, -0.25) is 4.90 Å². The van der Waals surface area contributed by atoms with Gasteiger partial charge in [-0.25, -0.2) is 13.1 Å². The lowest BCUT2D eigenvalue weighted by atomic mass is 10.2. The third-order valence-electron chi connectivity index (χ3n) is 3.72. The Labute approximate surface area is 142 Å². The lowest BCUT2D eigenvalue weighted by molar-refractivity contribution is 0.268. The number of hydrogen-bond donors (Lipinski definition) is 2. The molecule has 0 aliphatic carbocycles. The molecular weight excluding hydrogens is 422 g/mol. The summed E-state index contributed by atoms with van der Waals surface area (Å²) < 4.78 is 28.8. The molecule has 1 unspecified atom stereocenters. The molecule has 0 bridgehead atoms. The Bertz CT molecular complexity index is 599. The van der Waals surface area contributed by atoms with Gasteiger partial charge in [0.25, 0.3) is 0 Å². The maximum atomic E-state index is 12.5. The number of benzene rings is 1. The Morgan fingerprint density at radius 1 is 1.43 bits per heavy atom. The highest BCUT2D eigenvalue weighted by Gasteiger charge is 2.27. The summed E-state index contributed by atoms with van der Waals surface area (Å²) in [6, 6.07) is 3.53. The van der Waals surface area contributed by atoms with Crippen molar-refractivity contribution < 1.29 is 8.42 Å². The fourth-order valence-electron chi connectivity index (χ4n) is 2.68. The van der Waals surface area contributed by atoms with E-state index in [9.17, 15) is 8.42 Å². The van der Waals surface area contributed by atoms with Crippen LogP contribution in [-0.2, 0) is 10.0 Å². The first-order valence-electron chi connectivity index (χ1n) is 6.83. The fourth-order valence-corrected chi connectivity index (χ4v) is 5.82. The molecule has 8 heteroatoms. The van der Waals surface area contributed by atoms with Crippen LogP contribution in [0.4, 0.5) is 5.69 Å². The van der Waals surface area contributed by atoms with Gasteiger partial charge in [0, 0.05) is 21.5 Å². The fraction of sp³-hybridized carbons (Fsp3) is 0.538. The van der Waals surface area contributed by atoms with Gasteiger partial charge in [-0.1, -0.05) is 22.9 Å². The number of sulfonamides is 1. The Balaban J connectivity index is 2.16. The monoisotopic (exact) mass is 439 g/mol. The minimum atomic E-state index is -3.63. The van der Waals surface area contributed by atoms with Gasteiger partial charge in [0.1, 0.15) is 4.90 Å². The Kier molecular flexibility index (Phi) is 5.70. The van der Waals surface area contributed by atoms with Gasteiger partial charge in [-0.15, -0.1) is 0 Å². The van der Waals surface area contributed by atoms with Crippen LogP contribution in [0.25, 0.3) is 0 Å². The molecule has 1 atom stereocenters. The van der Waals surface area contributed by atoms with Gasteiger partial charge in [-0.2, -0.15) is 0 Å². The van der Waals surface area contributed by atoms with E-state index in [1.807, 2.05) is 0 Å². The molecule has 0 radical (unpaired) electrons. The maximum Gasteiger partial charge on any atom is 0.243 e. The second kappa shape index (κ2) is 6.95. The molecule has 3 N–H and O–H groups in total. The molecule has 1 fully saturated rings. The normalized spacial score (nSPS) is 20.0. The first-order valence-corrected chi connectivity index (χ1v) is 9.90. The van der Waals surface area contributed by atoms with E-state index in [0.29, 0.717) is 11.0 Å². The topological polar surface area (TPSA) is 75.4 Å². The number of nitrogens with two attached hydrogens (primary N) is 1. The number of nitrogens with one attached hydrogen (secondary N) is 1. The lowest BCUT2D eigenvalue weighted by Crippen LogP contribution is -2.40. The molecule has 0 spiro atoms. The third kappa shape index (κ3) is 3.98. The van der Waals surface area contributed by atoms with Crippen LogP contribution in [0, 0.1) is 0 Å². The third-order valence-corrected chi connectivity index (χ3v) is 6.61. The second-order valence-electron chi connectivity index (χ2n) is 5.08. The lowest BCUT2D eigenvalue weighted by Gasteiger charge is -2.23. The van der Waals surface area contributed by atoms with Gasteiger partial charge >= 0.3 is 0 Å². The van der Waals surface area contributed by atoms with Crippen LogP contribution in [0.15, 0.2) is 26.0 Å². The van der Waals surface area contributed by atoms with Gasteiger partial charge < -0.3 is 5.73 Å². The molecule has 21 heavy (non-hydrogen) atoms. The molecule has 2 rings (SSSR count). The van der Waals surface area contributed by atoms with Crippen molar-refractivity contribution in [2.45, 2.75) is 30.7 Å². The van der Waals surface area contributed by atoms with Gasteiger partial charge in [0.05, 0.1) is 5.69 Å². The van der Waals surface area contributed by atoms with Gasteiger partial charge in [0.15, 0.2) is 0 Å². The molecule has 0 aromatic heterocycles. The minimum Gasteiger partial charge on any atom is -0.398 e. The Morgan fingerprint density at radius 2 is 2.14 bits per heavy atom. The zero-order valence-corrected chi connectivity index (χ0v) is 15.8. The quantitative estimate of drug-likeness (QED) is 0.690. The molecular formula is C13H19Br2N3O2S. The first kappa shape index (κ1) is 17.2. The second-order valence-corrected chi connectivity index (χ2v) is 8.56. The zero-order valence-electron chi connectivity index (χ0n) is 11.8. The predicted octanol–water partition coefficient (Wildman–Crippen LogP) is 2.56. The zero-order chi connectivity index (χ0) is 15.6. The van der Waals surface area contributed by atoms with Crippen molar-refractivity contribution in [3.05, 3.63) is 21.1 Å². The Hall–Kier alpha value is -0.150. The van der Waals surface area contributed by atoms with Crippen LogP contribution in [0.2, 0.25) is 0 Å². The van der Waals surface area contributed by atoms with Crippen molar-refractivity contribution in [1.82, 2.24) is 9.62 Å². The van der Waals surface area contributed by atoms with E-state index in [2.05, 4.69) is 48.4 Å².